The number of rotatable bonds is 5. The van der Waals surface area contributed by atoms with E-state index < -0.39 is 10.0 Å². The molecular formula is C13H18N2O3S. The lowest BCUT2D eigenvalue weighted by atomic mass is 10.2. The van der Waals surface area contributed by atoms with Crippen LogP contribution in [0.1, 0.15) is 18.4 Å². The van der Waals surface area contributed by atoms with Gasteiger partial charge in [-0.15, -0.1) is 0 Å². The molecular weight excluding hydrogens is 264 g/mol. The Morgan fingerprint density at radius 2 is 2.21 bits per heavy atom. The molecule has 0 amide bonds. The molecule has 1 fully saturated rings. The summed E-state index contributed by atoms with van der Waals surface area (Å²) in [6.07, 6.45) is 2.98. The summed E-state index contributed by atoms with van der Waals surface area (Å²) in [5, 5.41) is 0. The zero-order chi connectivity index (χ0) is 13.5. The van der Waals surface area contributed by atoms with E-state index in [9.17, 15) is 8.42 Å². The van der Waals surface area contributed by atoms with Gasteiger partial charge in [0.05, 0.1) is 11.5 Å². The molecule has 1 aromatic rings. The number of ether oxygens (including phenoxy) is 1. The number of nitrogens with one attached hydrogen (secondary N) is 1. The number of benzene rings is 1. The normalized spacial score (nSPS) is 19.8. The molecule has 0 radical (unpaired) electrons. The van der Waals surface area contributed by atoms with E-state index in [2.05, 4.69) is 4.72 Å². The second kappa shape index (κ2) is 4.77. The highest BCUT2D eigenvalue weighted by molar-refractivity contribution is 7.89. The van der Waals surface area contributed by atoms with Crippen molar-refractivity contribution in [3.63, 3.8) is 0 Å². The summed E-state index contributed by atoms with van der Waals surface area (Å²) < 4.78 is 32.3. The summed E-state index contributed by atoms with van der Waals surface area (Å²) in [4.78, 5) is 0.291. The van der Waals surface area contributed by atoms with Crippen molar-refractivity contribution in [2.24, 2.45) is 11.7 Å². The van der Waals surface area contributed by atoms with E-state index >= 15 is 0 Å². The first-order chi connectivity index (χ1) is 9.06. The first-order valence-electron chi connectivity index (χ1n) is 6.57. The van der Waals surface area contributed by atoms with Gasteiger partial charge in [0.15, 0.2) is 0 Å². The van der Waals surface area contributed by atoms with Crippen molar-refractivity contribution in [2.75, 3.05) is 13.2 Å². The molecule has 1 aliphatic heterocycles. The molecule has 6 heteroatoms. The summed E-state index contributed by atoms with van der Waals surface area (Å²) >= 11 is 0. The zero-order valence-corrected chi connectivity index (χ0v) is 11.4. The lowest BCUT2D eigenvalue weighted by molar-refractivity contribution is 0.356. The quantitative estimate of drug-likeness (QED) is 0.830. The van der Waals surface area contributed by atoms with Gasteiger partial charge in [-0.25, -0.2) is 13.1 Å². The molecule has 3 rings (SSSR count). The molecule has 2 aliphatic rings. The Balaban J connectivity index is 1.72. The van der Waals surface area contributed by atoms with Gasteiger partial charge in [0.25, 0.3) is 0 Å². The van der Waals surface area contributed by atoms with Crippen molar-refractivity contribution >= 4 is 10.0 Å². The van der Waals surface area contributed by atoms with Crippen LogP contribution in [0.4, 0.5) is 0 Å². The van der Waals surface area contributed by atoms with Crippen molar-refractivity contribution in [3.8, 4) is 5.75 Å². The van der Waals surface area contributed by atoms with E-state index in [-0.39, 0.29) is 6.04 Å². The van der Waals surface area contributed by atoms with E-state index in [1.54, 1.807) is 18.2 Å². The van der Waals surface area contributed by atoms with Gasteiger partial charge in [-0.1, -0.05) is 0 Å². The van der Waals surface area contributed by atoms with E-state index in [1.807, 2.05) is 0 Å². The fourth-order valence-corrected chi connectivity index (χ4v) is 3.43. The summed E-state index contributed by atoms with van der Waals surface area (Å²) in [5.41, 5.74) is 6.86. The highest BCUT2D eigenvalue weighted by Gasteiger charge is 2.29. The van der Waals surface area contributed by atoms with Crippen LogP contribution < -0.4 is 15.2 Å². The van der Waals surface area contributed by atoms with Gasteiger partial charge < -0.3 is 10.5 Å². The molecule has 0 saturated heterocycles. The van der Waals surface area contributed by atoms with Crippen molar-refractivity contribution in [1.82, 2.24) is 4.72 Å². The Kier molecular flexibility index (Phi) is 3.24. The van der Waals surface area contributed by atoms with Gasteiger partial charge in [-0.2, -0.15) is 0 Å². The molecule has 0 spiro atoms. The molecule has 1 aliphatic carbocycles. The van der Waals surface area contributed by atoms with Crippen LogP contribution in [-0.2, 0) is 16.4 Å². The Morgan fingerprint density at radius 1 is 1.42 bits per heavy atom. The van der Waals surface area contributed by atoms with Gasteiger partial charge in [0.2, 0.25) is 10.0 Å². The standard InChI is InChI=1S/C13H18N2O3S/c14-12(9-1-2-9)8-15-19(16,17)11-3-4-13-10(7-11)5-6-18-13/h3-4,7,9,12,15H,1-2,5-6,8,14H2. The van der Waals surface area contributed by atoms with Crippen LogP contribution in [0.15, 0.2) is 23.1 Å². The van der Waals surface area contributed by atoms with Crippen molar-refractivity contribution in [2.45, 2.75) is 30.2 Å². The summed E-state index contributed by atoms with van der Waals surface area (Å²) in [7, 11) is -3.47. The van der Waals surface area contributed by atoms with Crippen molar-refractivity contribution in [3.05, 3.63) is 23.8 Å². The third kappa shape index (κ3) is 2.75. The molecule has 5 nitrogen and oxygen atoms in total. The first-order valence-corrected chi connectivity index (χ1v) is 8.05. The van der Waals surface area contributed by atoms with Crippen LogP contribution >= 0.6 is 0 Å². The highest BCUT2D eigenvalue weighted by Crippen LogP contribution is 2.31. The maximum absolute atomic E-state index is 12.2. The predicted molar refractivity (Wildman–Crippen MR) is 71.5 cm³/mol. The van der Waals surface area contributed by atoms with Crippen LogP contribution in [0.5, 0.6) is 5.75 Å². The smallest absolute Gasteiger partial charge is 0.240 e. The molecule has 1 unspecified atom stereocenters. The molecule has 1 atom stereocenters. The average molecular weight is 282 g/mol. The minimum absolute atomic E-state index is 0.0764. The Labute approximate surface area is 113 Å². The third-order valence-corrected chi connectivity index (χ3v) is 5.13. The second-order valence-electron chi connectivity index (χ2n) is 5.22. The molecule has 1 aromatic carbocycles. The number of sulfonamides is 1. The molecule has 3 N–H and O–H groups in total. The Hall–Kier alpha value is -1.11. The second-order valence-corrected chi connectivity index (χ2v) is 6.99. The zero-order valence-electron chi connectivity index (χ0n) is 10.6. The van der Waals surface area contributed by atoms with E-state index in [4.69, 9.17) is 10.5 Å². The van der Waals surface area contributed by atoms with Crippen LogP contribution in [-0.4, -0.2) is 27.6 Å². The monoisotopic (exact) mass is 282 g/mol. The van der Waals surface area contributed by atoms with Crippen LogP contribution in [0.2, 0.25) is 0 Å². The lowest BCUT2D eigenvalue weighted by Gasteiger charge is -2.12. The van der Waals surface area contributed by atoms with Crippen LogP contribution in [0.25, 0.3) is 0 Å². The highest BCUT2D eigenvalue weighted by atomic mass is 32.2. The predicted octanol–water partition coefficient (Wildman–Crippen LogP) is 0.637. The number of nitrogens with two attached hydrogens (primary N) is 1. The molecule has 1 saturated carbocycles. The van der Waals surface area contributed by atoms with Crippen LogP contribution in [0, 0.1) is 5.92 Å². The minimum Gasteiger partial charge on any atom is -0.493 e. The molecule has 19 heavy (non-hydrogen) atoms. The van der Waals surface area contributed by atoms with Gasteiger partial charge in [0, 0.05) is 19.0 Å². The summed E-state index contributed by atoms with van der Waals surface area (Å²) in [6, 6.07) is 4.91. The Bertz CT molecular complexity index is 582. The van der Waals surface area contributed by atoms with Gasteiger partial charge in [-0.3, -0.25) is 0 Å². The fraction of sp³-hybridized carbons (Fsp3) is 0.538. The SMILES string of the molecule is NC(CNS(=O)(=O)c1ccc2c(c1)CCO2)C1CC1. The molecule has 0 bridgehead atoms. The van der Waals surface area contributed by atoms with Crippen LogP contribution in [0.3, 0.4) is 0 Å². The van der Waals surface area contributed by atoms with E-state index in [1.165, 1.54) is 0 Å². The number of fused-ring (bicyclic) bond motifs is 1. The Morgan fingerprint density at radius 3 is 2.95 bits per heavy atom. The molecule has 104 valence electrons. The maximum atomic E-state index is 12.2. The topological polar surface area (TPSA) is 81.4 Å². The molecule has 1 heterocycles. The van der Waals surface area contributed by atoms with Crippen molar-refractivity contribution < 1.29 is 13.2 Å². The largest absolute Gasteiger partial charge is 0.493 e. The maximum Gasteiger partial charge on any atom is 0.240 e. The summed E-state index contributed by atoms with van der Waals surface area (Å²) in [5.74, 6) is 1.27. The van der Waals surface area contributed by atoms with E-state index in [0.717, 1.165) is 30.6 Å². The minimum atomic E-state index is -3.47. The summed E-state index contributed by atoms with van der Waals surface area (Å²) in [6.45, 7) is 0.930. The van der Waals surface area contributed by atoms with Gasteiger partial charge in [0.1, 0.15) is 5.75 Å². The average Bonchev–Trinajstić information content (AvgIpc) is 3.13. The fourth-order valence-electron chi connectivity index (χ4n) is 2.31. The van der Waals surface area contributed by atoms with Crippen molar-refractivity contribution in [1.29, 1.82) is 0 Å². The number of hydrogen-bond acceptors (Lipinski definition) is 4. The lowest BCUT2D eigenvalue weighted by Crippen LogP contribution is -2.38. The molecule has 0 aromatic heterocycles. The van der Waals surface area contributed by atoms with E-state index in [0.29, 0.717) is 24.0 Å². The first kappa shape index (κ1) is 12.9. The third-order valence-electron chi connectivity index (χ3n) is 3.71. The van der Waals surface area contributed by atoms with Gasteiger partial charge >= 0.3 is 0 Å². The van der Waals surface area contributed by atoms with Gasteiger partial charge in [-0.05, 0) is 42.5 Å². The number of hydrogen-bond donors (Lipinski definition) is 2.